The highest BCUT2D eigenvalue weighted by atomic mass is 16.2. The molecule has 5 rings (SSSR count). The summed E-state index contributed by atoms with van der Waals surface area (Å²) in [4.78, 5) is 25.6. The molecule has 3 aromatic heterocycles. The number of likely N-dealkylation sites (N-methyl/N-ethyl adjacent to an activating group) is 1. The number of fused-ring (bicyclic) bond motifs is 1. The lowest BCUT2D eigenvalue weighted by Gasteiger charge is -2.32. The molecule has 156 valence electrons. The van der Waals surface area contributed by atoms with Gasteiger partial charge in [-0.2, -0.15) is 0 Å². The van der Waals surface area contributed by atoms with Gasteiger partial charge in [0, 0.05) is 55.4 Å². The molecule has 1 N–H and O–H groups in total. The van der Waals surface area contributed by atoms with E-state index >= 15 is 0 Å². The zero-order valence-corrected chi connectivity index (χ0v) is 17.3. The quantitative estimate of drug-likeness (QED) is 0.554. The van der Waals surface area contributed by atoms with Crippen LogP contribution in [0.1, 0.15) is 10.4 Å². The second-order valence-electron chi connectivity index (χ2n) is 7.68. The average Bonchev–Trinajstić information content (AvgIpc) is 3.23. The minimum absolute atomic E-state index is 0.0531. The summed E-state index contributed by atoms with van der Waals surface area (Å²) < 4.78 is 1.84. The number of carbonyl (C=O) groups is 1. The highest BCUT2D eigenvalue weighted by Crippen LogP contribution is 2.22. The van der Waals surface area contributed by atoms with Crippen molar-refractivity contribution < 1.29 is 4.79 Å². The van der Waals surface area contributed by atoms with Gasteiger partial charge in [-0.05, 0) is 49.5 Å². The molecular formula is C23H23N7O. The van der Waals surface area contributed by atoms with Crippen LogP contribution in [0.3, 0.4) is 0 Å². The zero-order chi connectivity index (χ0) is 21.2. The molecule has 0 unspecified atom stereocenters. The first kappa shape index (κ1) is 19.2. The topological polar surface area (TPSA) is 78.7 Å². The first-order chi connectivity index (χ1) is 15.2. The predicted molar refractivity (Wildman–Crippen MR) is 119 cm³/mol. The Balaban J connectivity index is 1.39. The Morgan fingerprint density at radius 2 is 1.87 bits per heavy atom. The standard InChI is InChI=1S/C23H23N7O/c1-28-10-12-29(13-11-28)22(31)17-4-2-6-19(14-17)26-23-25-16-20-7-8-21(30(20)27-23)18-5-3-9-24-15-18/h2-9,14-16H,10-13H2,1H3,(H,26,27). The van der Waals surface area contributed by atoms with E-state index in [0.29, 0.717) is 11.5 Å². The molecule has 8 heteroatoms. The minimum Gasteiger partial charge on any atom is -0.336 e. The van der Waals surface area contributed by atoms with E-state index in [4.69, 9.17) is 0 Å². The second kappa shape index (κ2) is 8.16. The molecule has 1 amide bonds. The Bertz CT molecular complexity index is 1210. The van der Waals surface area contributed by atoms with Crippen LogP contribution in [0, 0.1) is 0 Å². The molecule has 8 nitrogen and oxygen atoms in total. The van der Waals surface area contributed by atoms with Crippen molar-refractivity contribution in [3.05, 3.63) is 72.7 Å². The van der Waals surface area contributed by atoms with Crippen molar-refractivity contribution in [2.75, 3.05) is 38.5 Å². The number of benzene rings is 1. The Kier molecular flexibility index (Phi) is 5.05. The van der Waals surface area contributed by atoms with Gasteiger partial charge in [0.05, 0.1) is 17.4 Å². The Labute approximate surface area is 180 Å². The Hall–Kier alpha value is -3.78. The molecular weight excluding hydrogens is 390 g/mol. The number of nitrogens with one attached hydrogen (secondary N) is 1. The zero-order valence-electron chi connectivity index (χ0n) is 17.3. The molecule has 0 atom stereocenters. The molecule has 4 aromatic rings. The fourth-order valence-corrected chi connectivity index (χ4v) is 3.74. The maximum atomic E-state index is 12.9. The highest BCUT2D eigenvalue weighted by molar-refractivity contribution is 5.95. The third-order valence-corrected chi connectivity index (χ3v) is 5.51. The molecule has 0 spiro atoms. The van der Waals surface area contributed by atoms with Crippen molar-refractivity contribution in [1.82, 2.24) is 29.4 Å². The number of amides is 1. The SMILES string of the molecule is CN1CCN(C(=O)c2cccc(Nc3ncc4ccc(-c5cccnc5)n4n3)c2)CC1. The number of pyridine rings is 1. The van der Waals surface area contributed by atoms with Crippen molar-refractivity contribution in [3.8, 4) is 11.3 Å². The maximum absolute atomic E-state index is 12.9. The van der Waals surface area contributed by atoms with Crippen molar-refractivity contribution in [3.63, 3.8) is 0 Å². The van der Waals surface area contributed by atoms with Gasteiger partial charge in [0.2, 0.25) is 5.95 Å². The number of aromatic nitrogens is 4. The highest BCUT2D eigenvalue weighted by Gasteiger charge is 2.20. The van der Waals surface area contributed by atoms with Gasteiger partial charge in [-0.1, -0.05) is 6.07 Å². The van der Waals surface area contributed by atoms with E-state index in [1.165, 1.54) is 0 Å². The molecule has 1 saturated heterocycles. The lowest BCUT2D eigenvalue weighted by atomic mass is 10.1. The summed E-state index contributed by atoms with van der Waals surface area (Å²) >= 11 is 0. The van der Waals surface area contributed by atoms with Gasteiger partial charge in [0.25, 0.3) is 5.91 Å². The Morgan fingerprint density at radius 1 is 1.00 bits per heavy atom. The van der Waals surface area contributed by atoms with Gasteiger partial charge < -0.3 is 15.1 Å². The van der Waals surface area contributed by atoms with Crippen LogP contribution in [0.15, 0.2) is 67.1 Å². The third-order valence-electron chi connectivity index (χ3n) is 5.51. The fourth-order valence-electron chi connectivity index (χ4n) is 3.74. The summed E-state index contributed by atoms with van der Waals surface area (Å²) in [5.41, 5.74) is 4.24. The van der Waals surface area contributed by atoms with Crippen LogP contribution in [0.4, 0.5) is 11.6 Å². The van der Waals surface area contributed by atoms with Gasteiger partial charge in [0.1, 0.15) is 0 Å². The molecule has 4 heterocycles. The van der Waals surface area contributed by atoms with E-state index in [9.17, 15) is 4.79 Å². The second-order valence-corrected chi connectivity index (χ2v) is 7.68. The van der Waals surface area contributed by atoms with E-state index < -0.39 is 0 Å². The normalized spacial score (nSPS) is 14.7. The number of hydrogen-bond acceptors (Lipinski definition) is 6. The number of piperazine rings is 1. The van der Waals surface area contributed by atoms with Crippen molar-refractivity contribution in [2.45, 2.75) is 0 Å². The summed E-state index contributed by atoms with van der Waals surface area (Å²) in [6.07, 6.45) is 5.33. The molecule has 0 radical (unpaired) electrons. The molecule has 1 aliphatic heterocycles. The molecule has 0 bridgehead atoms. The summed E-state index contributed by atoms with van der Waals surface area (Å²) in [5, 5.41) is 7.88. The first-order valence-corrected chi connectivity index (χ1v) is 10.3. The molecule has 31 heavy (non-hydrogen) atoms. The maximum Gasteiger partial charge on any atom is 0.254 e. The van der Waals surface area contributed by atoms with E-state index in [1.54, 1.807) is 12.4 Å². The van der Waals surface area contributed by atoms with Crippen molar-refractivity contribution >= 4 is 23.1 Å². The van der Waals surface area contributed by atoms with Gasteiger partial charge in [-0.25, -0.2) is 9.50 Å². The lowest BCUT2D eigenvalue weighted by Crippen LogP contribution is -2.47. The van der Waals surface area contributed by atoms with Gasteiger partial charge >= 0.3 is 0 Å². The summed E-state index contributed by atoms with van der Waals surface area (Å²) in [5.74, 6) is 0.510. The molecule has 1 aliphatic rings. The van der Waals surface area contributed by atoms with Crippen molar-refractivity contribution in [1.29, 1.82) is 0 Å². The van der Waals surface area contributed by atoms with Crippen LogP contribution in [-0.4, -0.2) is 68.5 Å². The van der Waals surface area contributed by atoms with Gasteiger partial charge in [-0.3, -0.25) is 9.78 Å². The lowest BCUT2D eigenvalue weighted by molar-refractivity contribution is 0.0664. The van der Waals surface area contributed by atoms with E-state index in [1.807, 2.05) is 64.1 Å². The van der Waals surface area contributed by atoms with Crippen LogP contribution in [-0.2, 0) is 0 Å². The monoisotopic (exact) mass is 413 g/mol. The van der Waals surface area contributed by atoms with E-state index in [-0.39, 0.29) is 5.91 Å². The van der Waals surface area contributed by atoms with Crippen LogP contribution in [0.5, 0.6) is 0 Å². The number of nitrogens with zero attached hydrogens (tertiary/aromatic N) is 6. The number of carbonyl (C=O) groups excluding carboxylic acids is 1. The molecule has 1 fully saturated rings. The summed E-state index contributed by atoms with van der Waals surface area (Å²) in [7, 11) is 2.08. The average molecular weight is 413 g/mol. The molecule has 0 saturated carbocycles. The van der Waals surface area contributed by atoms with E-state index in [2.05, 4.69) is 32.3 Å². The largest absolute Gasteiger partial charge is 0.336 e. The Morgan fingerprint density at radius 3 is 2.68 bits per heavy atom. The first-order valence-electron chi connectivity index (χ1n) is 10.3. The summed E-state index contributed by atoms with van der Waals surface area (Å²) in [6, 6.07) is 15.4. The predicted octanol–water partition coefficient (Wildman–Crippen LogP) is 2.92. The van der Waals surface area contributed by atoms with Crippen LogP contribution in [0.2, 0.25) is 0 Å². The van der Waals surface area contributed by atoms with Crippen LogP contribution >= 0.6 is 0 Å². The molecule has 0 aliphatic carbocycles. The minimum atomic E-state index is 0.0531. The summed E-state index contributed by atoms with van der Waals surface area (Å²) in [6.45, 7) is 3.29. The van der Waals surface area contributed by atoms with Crippen LogP contribution < -0.4 is 5.32 Å². The van der Waals surface area contributed by atoms with Gasteiger partial charge in [-0.15, -0.1) is 5.10 Å². The van der Waals surface area contributed by atoms with Crippen LogP contribution in [0.25, 0.3) is 16.8 Å². The third kappa shape index (κ3) is 3.97. The van der Waals surface area contributed by atoms with E-state index in [0.717, 1.165) is 48.6 Å². The smallest absolute Gasteiger partial charge is 0.254 e. The van der Waals surface area contributed by atoms with Gasteiger partial charge in [0.15, 0.2) is 0 Å². The molecule has 1 aromatic carbocycles. The number of anilines is 2. The number of rotatable bonds is 4. The number of hydrogen-bond donors (Lipinski definition) is 1. The fraction of sp³-hybridized carbons (Fsp3) is 0.217. The van der Waals surface area contributed by atoms with Crippen molar-refractivity contribution in [2.24, 2.45) is 0 Å².